The molecule has 0 bridgehead atoms. The third-order valence-electron chi connectivity index (χ3n) is 3.35. The van der Waals surface area contributed by atoms with Gasteiger partial charge in [-0.3, -0.25) is 4.98 Å². The van der Waals surface area contributed by atoms with Gasteiger partial charge in [-0.15, -0.1) is 29.8 Å². The van der Waals surface area contributed by atoms with Gasteiger partial charge in [-0.2, -0.15) is 0 Å². The first-order valence-corrected chi connectivity index (χ1v) is 8.50. The van der Waals surface area contributed by atoms with E-state index in [1.807, 2.05) is 45.9 Å². The van der Waals surface area contributed by atoms with Crippen LogP contribution in [0.1, 0.15) is 35.7 Å². The van der Waals surface area contributed by atoms with Crippen molar-refractivity contribution in [3.05, 3.63) is 71.9 Å². The van der Waals surface area contributed by atoms with Gasteiger partial charge in [-0.1, -0.05) is 6.07 Å². The van der Waals surface area contributed by atoms with Crippen LogP contribution >= 0.6 is 0 Å². The Bertz CT molecular complexity index is 902. The van der Waals surface area contributed by atoms with E-state index >= 15 is 0 Å². The minimum absolute atomic E-state index is 0. The Hall–Kier alpha value is -2.63. The summed E-state index contributed by atoms with van der Waals surface area (Å²) in [6, 6.07) is 13.6. The molecule has 2 aromatic heterocycles. The number of aromatic nitrogens is 3. The molecule has 1 N–H and O–H groups in total. The number of rotatable bonds is 4. The molecule has 0 aliphatic carbocycles. The van der Waals surface area contributed by atoms with Crippen molar-refractivity contribution in [2.45, 2.75) is 33.8 Å². The maximum atomic E-state index is 10.1. The van der Waals surface area contributed by atoms with Crippen LogP contribution < -0.4 is 4.74 Å². The van der Waals surface area contributed by atoms with Crippen LogP contribution in [0.4, 0.5) is 0 Å². The number of carbonyl (C=O) groups is 1. The molecule has 0 atom stereocenters. The monoisotopic (exact) mass is 557 g/mol. The first-order valence-electron chi connectivity index (χ1n) is 8.50. The fourth-order valence-electron chi connectivity index (χ4n) is 2.28. The number of carboxylic acid groups (broad SMARTS) is 1. The Morgan fingerprint density at radius 3 is 2.46 bits per heavy atom. The molecule has 0 unspecified atom stereocenters. The molecule has 2 heterocycles. The summed E-state index contributed by atoms with van der Waals surface area (Å²) in [5, 5.41) is 8.32. The van der Waals surface area contributed by atoms with Crippen LogP contribution in [0.5, 0.6) is 5.75 Å². The molecule has 0 fully saturated rings. The molecule has 1 aromatic carbocycles. The van der Waals surface area contributed by atoms with Crippen molar-refractivity contribution in [2.24, 2.45) is 0 Å². The second-order valence-corrected chi connectivity index (χ2v) is 6.07. The number of aryl methyl sites for hydroxylation is 2. The van der Waals surface area contributed by atoms with Gasteiger partial charge in [-0.25, -0.2) is 9.78 Å². The maximum Gasteiger partial charge on any atom is 0.354 e. The van der Waals surface area contributed by atoms with Crippen LogP contribution in [0.25, 0.3) is 11.3 Å². The Kier molecular flexibility index (Phi) is 9.42. The van der Waals surface area contributed by atoms with E-state index in [0.29, 0.717) is 0 Å². The fourth-order valence-corrected chi connectivity index (χ4v) is 2.28. The van der Waals surface area contributed by atoms with Gasteiger partial charge in [0.1, 0.15) is 5.69 Å². The third-order valence-corrected chi connectivity index (χ3v) is 3.35. The van der Waals surface area contributed by atoms with Crippen LogP contribution in [-0.4, -0.2) is 32.1 Å². The zero-order valence-corrected chi connectivity index (χ0v) is 18.5. The number of ether oxygens (including phenoxy) is 1. The van der Waals surface area contributed by atoms with Gasteiger partial charge in [0, 0.05) is 49.6 Å². The van der Waals surface area contributed by atoms with Crippen molar-refractivity contribution in [1.82, 2.24) is 15.0 Å². The number of nitrogens with zero attached hydrogens (tertiary/aromatic N) is 3. The van der Waals surface area contributed by atoms with Gasteiger partial charge in [0.15, 0.2) is 0 Å². The molecule has 0 amide bonds. The van der Waals surface area contributed by atoms with E-state index in [0.717, 1.165) is 28.4 Å². The Morgan fingerprint density at radius 1 is 1.18 bits per heavy atom. The van der Waals surface area contributed by atoms with Crippen LogP contribution in [-0.2, 0) is 20.1 Å². The van der Waals surface area contributed by atoms with Crippen molar-refractivity contribution in [3.8, 4) is 17.0 Å². The van der Waals surface area contributed by atoms with E-state index in [2.05, 4.69) is 21.0 Å². The minimum atomic E-state index is -0.990. The first-order chi connectivity index (χ1) is 12.9. The van der Waals surface area contributed by atoms with Crippen LogP contribution in [0.2, 0.25) is 0 Å². The van der Waals surface area contributed by atoms with Gasteiger partial charge in [0.05, 0.1) is 11.8 Å². The van der Waals surface area contributed by atoms with E-state index in [9.17, 15) is 4.79 Å². The molecule has 149 valence electrons. The van der Waals surface area contributed by atoms with E-state index < -0.39 is 5.97 Å². The molecule has 0 aliphatic rings. The molecule has 0 saturated carbocycles. The van der Waals surface area contributed by atoms with Gasteiger partial charge >= 0.3 is 5.97 Å². The SMILES string of the molecule is Cc1cnc(-c2[c-]ccc(OC(C)C)c2)c(C)n1.O=C(O)c1ccccn1.[Ir]. The quantitative estimate of drug-likeness (QED) is 0.487. The molecule has 28 heavy (non-hydrogen) atoms. The zero-order valence-electron chi connectivity index (χ0n) is 16.1. The smallest absolute Gasteiger partial charge is 0.354 e. The summed E-state index contributed by atoms with van der Waals surface area (Å²) in [5.41, 5.74) is 3.68. The van der Waals surface area contributed by atoms with Crippen molar-refractivity contribution in [1.29, 1.82) is 0 Å². The number of benzene rings is 1. The molecule has 0 spiro atoms. The Labute approximate surface area is 178 Å². The van der Waals surface area contributed by atoms with Crippen LogP contribution in [0, 0.1) is 19.9 Å². The molecule has 1 radical (unpaired) electrons. The van der Waals surface area contributed by atoms with Crippen molar-refractivity contribution in [3.63, 3.8) is 0 Å². The second-order valence-electron chi connectivity index (χ2n) is 6.07. The van der Waals surface area contributed by atoms with Crippen molar-refractivity contribution in [2.75, 3.05) is 0 Å². The number of hydrogen-bond acceptors (Lipinski definition) is 5. The summed E-state index contributed by atoms with van der Waals surface area (Å²) in [7, 11) is 0. The van der Waals surface area contributed by atoms with Gasteiger partial charge in [-0.05, 0) is 39.8 Å². The molecule has 7 heteroatoms. The van der Waals surface area contributed by atoms with Gasteiger partial charge in [0.2, 0.25) is 0 Å². The summed E-state index contributed by atoms with van der Waals surface area (Å²) in [4.78, 5) is 22.6. The largest absolute Gasteiger partial charge is 0.510 e. The Morgan fingerprint density at radius 2 is 1.93 bits per heavy atom. The summed E-state index contributed by atoms with van der Waals surface area (Å²) < 4.78 is 5.67. The zero-order chi connectivity index (χ0) is 19.8. The summed E-state index contributed by atoms with van der Waals surface area (Å²) >= 11 is 0. The summed E-state index contributed by atoms with van der Waals surface area (Å²) in [6.45, 7) is 7.91. The van der Waals surface area contributed by atoms with E-state index in [-0.39, 0.29) is 31.9 Å². The van der Waals surface area contributed by atoms with E-state index in [1.54, 1.807) is 18.3 Å². The predicted molar refractivity (Wildman–Crippen MR) is 103 cm³/mol. The fraction of sp³-hybridized carbons (Fsp3) is 0.238. The van der Waals surface area contributed by atoms with Gasteiger partial charge < -0.3 is 14.8 Å². The normalized spacial score (nSPS) is 9.75. The standard InChI is InChI=1S/C15H17N2O.C6H5NO2.Ir/c1-10(2)18-14-7-5-6-13(8-14)15-12(4)17-11(3)9-16-15;8-6(9)5-3-1-2-4-7-5;/h5,7-10H,1-4H3;1-4H,(H,8,9);/q-1;;. The molecule has 3 rings (SSSR count). The first kappa shape index (κ1) is 23.4. The Balaban J connectivity index is 0.000000332. The minimum Gasteiger partial charge on any atom is -0.510 e. The van der Waals surface area contributed by atoms with Crippen molar-refractivity contribution >= 4 is 5.97 Å². The van der Waals surface area contributed by atoms with E-state index in [4.69, 9.17) is 9.84 Å². The second kappa shape index (κ2) is 11.3. The molecular weight excluding hydrogens is 534 g/mol. The topological polar surface area (TPSA) is 85.2 Å². The van der Waals surface area contributed by atoms with Gasteiger partial charge in [0.25, 0.3) is 0 Å². The molecular formula is C21H22IrN3O3-. The number of carboxylic acids is 1. The van der Waals surface area contributed by atoms with E-state index in [1.165, 1.54) is 12.3 Å². The third kappa shape index (κ3) is 7.18. The molecule has 6 nitrogen and oxygen atoms in total. The summed E-state index contributed by atoms with van der Waals surface area (Å²) in [5.74, 6) is -0.156. The maximum absolute atomic E-state index is 10.1. The van der Waals surface area contributed by atoms with Crippen LogP contribution in [0.3, 0.4) is 0 Å². The average molecular weight is 557 g/mol. The summed E-state index contributed by atoms with van der Waals surface area (Å²) in [6.07, 6.45) is 3.38. The molecule has 0 aliphatic heterocycles. The average Bonchev–Trinajstić information content (AvgIpc) is 2.62. The molecule has 0 saturated heterocycles. The molecule has 3 aromatic rings. The van der Waals surface area contributed by atoms with Crippen LogP contribution in [0.15, 0.2) is 48.8 Å². The number of hydrogen-bond donors (Lipinski definition) is 1. The predicted octanol–water partition coefficient (Wildman–Crippen LogP) is 4.13. The number of aromatic carboxylic acids is 1. The van der Waals surface area contributed by atoms with Crippen molar-refractivity contribution < 1.29 is 34.7 Å². The number of pyridine rings is 1.